The molecule has 0 amide bonds. The Bertz CT molecular complexity index is 2760. The molecule has 4 heteroatoms. The molecule has 0 saturated heterocycles. The van der Waals surface area contributed by atoms with Crippen molar-refractivity contribution in [3.8, 4) is 17.2 Å². The molecule has 2 aliphatic heterocycles. The molecule has 278 valence electrons. The number of nitrogens with zero attached hydrogens (tertiary/aromatic N) is 2. The average molecular weight is 731 g/mol. The summed E-state index contributed by atoms with van der Waals surface area (Å²) in [5.74, 6) is 1.89. The highest BCUT2D eigenvalue weighted by molar-refractivity contribution is 6.99. The maximum atomic E-state index is 7.08. The molecule has 56 heavy (non-hydrogen) atoms. The van der Waals surface area contributed by atoms with Gasteiger partial charge in [0.1, 0.15) is 11.5 Å². The summed E-state index contributed by atoms with van der Waals surface area (Å²) in [6.45, 7) is 19.6. The third kappa shape index (κ3) is 4.65. The van der Waals surface area contributed by atoms with Crippen LogP contribution >= 0.6 is 0 Å². The average Bonchev–Trinajstić information content (AvgIpc) is 3.52. The standard InChI is InChI=1S/C52H51BN2O/c1-49(2)23-24-50(3,4)37-27-32(21-22-36(37)49)54-44-31-39-38(51(5,6)25-26-52(39,7)8)30-41(44)53-40-17-11-14-20-46(40)56-47-29-33(28-45(54)48(47)53)55-42-18-12-9-15-34(42)35-16-10-13-19-43(35)55/h9-22,27-31H,23-26H2,1-8H3. The minimum absolute atomic E-state index is 0.0440. The molecule has 0 atom stereocenters. The summed E-state index contributed by atoms with van der Waals surface area (Å²) in [5.41, 5.74) is 17.4. The Morgan fingerprint density at radius 3 is 1.68 bits per heavy atom. The number of hydrogen-bond acceptors (Lipinski definition) is 2. The van der Waals surface area contributed by atoms with Crippen LogP contribution in [0.5, 0.6) is 11.5 Å². The van der Waals surface area contributed by atoms with E-state index in [0.717, 1.165) is 17.2 Å². The first-order chi connectivity index (χ1) is 26.7. The van der Waals surface area contributed by atoms with Crippen molar-refractivity contribution in [2.45, 2.75) is 103 Å². The SMILES string of the molecule is CC1(C)CCC(C)(C)c2cc(N3c4cc5c(cc4B4c6ccccc6Oc6cc(-n7c8ccccc8c8ccccc87)cc3c64)C(C)(C)CCC5(C)C)ccc21. The fraction of sp³-hybridized carbons (Fsp3) is 0.308. The van der Waals surface area contributed by atoms with Crippen LogP contribution in [0.4, 0.5) is 17.1 Å². The molecule has 11 rings (SSSR count). The van der Waals surface area contributed by atoms with E-state index in [4.69, 9.17) is 4.74 Å². The minimum atomic E-state index is 0.0440. The largest absolute Gasteiger partial charge is 0.458 e. The predicted octanol–water partition coefficient (Wildman–Crippen LogP) is 11.9. The van der Waals surface area contributed by atoms with Crippen LogP contribution in [0.15, 0.2) is 115 Å². The van der Waals surface area contributed by atoms with Crippen LogP contribution < -0.4 is 26.0 Å². The third-order valence-electron chi connectivity index (χ3n) is 14.6. The van der Waals surface area contributed by atoms with E-state index < -0.39 is 0 Å². The van der Waals surface area contributed by atoms with Crippen LogP contribution in [0.25, 0.3) is 27.5 Å². The fourth-order valence-corrected chi connectivity index (χ4v) is 11.1. The number of para-hydroxylation sites is 3. The second-order valence-corrected chi connectivity index (χ2v) is 19.9. The van der Waals surface area contributed by atoms with Crippen LogP contribution in [0, 0.1) is 0 Å². The molecule has 0 spiro atoms. The van der Waals surface area contributed by atoms with Crippen molar-refractivity contribution in [3.63, 3.8) is 0 Å². The van der Waals surface area contributed by atoms with Gasteiger partial charge in [0.05, 0.1) is 16.7 Å². The highest BCUT2D eigenvalue weighted by Crippen LogP contribution is 2.52. The minimum Gasteiger partial charge on any atom is -0.458 e. The van der Waals surface area contributed by atoms with E-state index in [1.807, 2.05) is 0 Å². The quantitative estimate of drug-likeness (QED) is 0.165. The Labute approximate surface area is 332 Å². The van der Waals surface area contributed by atoms with E-state index in [0.29, 0.717) is 0 Å². The molecule has 0 bridgehead atoms. The van der Waals surface area contributed by atoms with Gasteiger partial charge in [-0.3, -0.25) is 0 Å². The van der Waals surface area contributed by atoms with Crippen molar-refractivity contribution in [2.75, 3.05) is 4.90 Å². The van der Waals surface area contributed by atoms with Gasteiger partial charge in [0.25, 0.3) is 6.71 Å². The van der Waals surface area contributed by atoms with Crippen LogP contribution in [-0.4, -0.2) is 11.3 Å². The van der Waals surface area contributed by atoms with Crippen molar-refractivity contribution in [1.82, 2.24) is 4.57 Å². The molecule has 0 N–H and O–H groups in total. The summed E-state index contributed by atoms with van der Waals surface area (Å²) < 4.78 is 9.53. The van der Waals surface area contributed by atoms with Gasteiger partial charge in [0, 0.05) is 33.9 Å². The topological polar surface area (TPSA) is 17.4 Å². The summed E-state index contributed by atoms with van der Waals surface area (Å²) in [5, 5.41) is 2.52. The first-order valence-electron chi connectivity index (χ1n) is 20.8. The summed E-state index contributed by atoms with van der Waals surface area (Å²) in [6.07, 6.45) is 4.73. The number of rotatable bonds is 2. The zero-order valence-electron chi connectivity index (χ0n) is 34.2. The second kappa shape index (κ2) is 11.2. The maximum absolute atomic E-state index is 7.08. The summed E-state index contributed by atoms with van der Waals surface area (Å²) in [6, 6.07) is 43.8. The maximum Gasteiger partial charge on any atom is 0.256 e. The Morgan fingerprint density at radius 2 is 1.02 bits per heavy atom. The molecule has 0 fully saturated rings. The number of ether oxygens (including phenoxy) is 1. The number of benzene rings is 6. The molecular formula is C52H51BN2O. The van der Waals surface area contributed by atoms with Crippen molar-refractivity contribution in [1.29, 1.82) is 0 Å². The molecule has 2 aliphatic carbocycles. The third-order valence-corrected chi connectivity index (χ3v) is 14.6. The fourth-order valence-electron chi connectivity index (χ4n) is 11.1. The van der Waals surface area contributed by atoms with E-state index in [-0.39, 0.29) is 28.4 Å². The molecule has 0 radical (unpaired) electrons. The van der Waals surface area contributed by atoms with Gasteiger partial charge in [-0.15, -0.1) is 0 Å². The van der Waals surface area contributed by atoms with E-state index >= 15 is 0 Å². The molecule has 0 unspecified atom stereocenters. The second-order valence-electron chi connectivity index (χ2n) is 19.9. The number of fused-ring (bicyclic) bond motifs is 9. The predicted molar refractivity (Wildman–Crippen MR) is 237 cm³/mol. The lowest BCUT2D eigenvalue weighted by Gasteiger charge is -2.46. The number of hydrogen-bond donors (Lipinski definition) is 0. The van der Waals surface area contributed by atoms with Gasteiger partial charge < -0.3 is 14.2 Å². The first kappa shape index (κ1) is 34.1. The Kier molecular flexibility index (Phi) is 6.82. The van der Waals surface area contributed by atoms with Crippen molar-refractivity contribution < 1.29 is 4.74 Å². The van der Waals surface area contributed by atoms with E-state index in [2.05, 4.69) is 180 Å². The number of anilines is 3. The van der Waals surface area contributed by atoms with Crippen LogP contribution in [0.3, 0.4) is 0 Å². The van der Waals surface area contributed by atoms with Gasteiger partial charge in [-0.1, -0.05) is 122 Å². The Balaban J connectivity index is 1.27. The van der Waals surface area contributed by atoms with Gasteiger partial charge in [0.15, 0.2) is 0 Å². The van der Waals surface area contributed by atoms with Crippen molar-refractivity contribution in [2.24, 2.45) is 0 Å². The molecule has 3 heterocycles. The van der Waals surface area contributed by atoms with Gasteiger partial charge >= 0.3 is 0 Å². The van der Waals surface area contributed by atoms with E-state index in [1.54, 1.807) is 0 Å². The van der Waals surface area contributed by atoms with Gasteiger partial charge in [-0.05, 0) is 128 Å². The first-order valence-corrected chi connectivity index (χ1v) is 20.8. The van der Waals surface area contributed by atoms with E-state index in [1.165, 1.54) is 103 Å². The molecule has 3 nitrogen and oxygen atoms in total. The molecule has 0 saturated carbocycles. The van der Waals surface area contributed by atoms with Gasteiger partial charge in [-0.2, -0.15) is 0 Å². The normalized spacial score (nSPS) is 19.1. The van der Waals surface area contributed by atoms with Crippen molar-refractivity contribution >= 4 is 62.0 Å². The highest BCUT2D eigenvalue weighted by atomic mass is 16.5. The molecule has 6 aromatic carbocycles. The highest BCUT2D eigenvalue weighted by Gasteiger charge is 2.46. The number of aromatic nitrogens is 1. The lowest BCUT2D eigenvalue weighted by molar-refractivity contribution is 0.332. The van der Waals surface area contributed by atoms with Crippen LogP contribution in [-0.2, 0) is 21.7 Å². The lowest BCUT2D eigenvalue weighted by Crippen LogP contribution is -2.60. The van der Waals surface area contributed by atoms with Crippen LogP contribution in [0.2, 0.25) is 0 Å². The van der Waals surface area contributed by atoms with Crippen LogP contribution in [0.1, 0.15) is 103 Å². The zero-order chi connectivity index (χ0) is 38.5. The molecule has 1 aromatic heterocycles. The lowest BCUT2D eigenvalue weighted by atomic mass is 9.33. The van der Waals surface area contributed by atoms with Crippen molar-refractivity contribution in [3.05, 3.63) is 138 Å². The Morgan fingerprint density at radius 1 is 0.464 bits per heavy atom. The van der Waals surface area contributed by atoms with Gasteiger partial charge in [-0.25, -0.2) is 0 Å². The van der Waals surface area contributed by atoms with E-state index in [9.17, 15) is 0 Å². The summed E-state index contributed by atoms with van der Waals surface area (Å²) in [7, 11) is 0. The molecule has 4 aliphatic rings. The molecular weight excluding hydrogens is 679 g/mol. The molecule has 7 aromatic rings. The zero-order valence-corrected chi connectivity index (χ0v) is 34.2. The summed E-state index contributed by atoms with van der Waals surface area (Å²) >= 11 is 0. The van der Waals surface area contributed by atoms with Gasteiger partial charge in [0.2, 0.25) is 0 Å². The Hall–Kier alpha value is -5.22. The monoisotopic (exact) mass is 730 g/mol. The smallest absolute Gasteiger partial charge is 0.256 e. The summed E-state index contributed by atoms with van der Waals surface area (Å²) in [4.78, 5) is 2.62.